The van der Waals surface area contributed by atoms with Gasteiger partial charge in [0.2, 0.25) is 0 Å². The predicted octanol–water partition coefficient (Wildman–Crippen LogP) is 1.06. The zero-order chi connectivity index (χ0) is 12.3. The summed E-state index contributed by atoms with van der Waals surface area (Å²) in [6, 6.07) is 1.94. The van der Waals surface area contributed by atoms with Crippen LogP contribution in [0.3, 0.4) is 0 Å². The Kier molecular flexibility index (Phi) is 3.76. The zero-order valence-electron chi connectivity index (χ0n) is 10.4. The number of ether oxygens (including phenoxy) is 1. The monoisotopic (exact) mass is 225 g/mol. The Hall–Kier alpha value is -1.28. The van der Waals surface area contributed by atoms with Crippen LogP contribution in [0.5, 0.6) is 0 Å². The summed E-state index contributed by atoms with van der Waals surface area (Å²) in [5, 5.41) is 8.92. The van der Waals surface area contributed by atoms with Crippen LogP contribution in [0.1, 0.15) is 20.8 Å². The third-order valence-corrected chi connectivity index (χ3v) is 2.45. The fourth-order valence-electron chi connectivity index (χ4n) is 1.51. The number of nitrogens with zero attached hydrogens (tertiary/aromatic N) is 3. The van der Waals surface area contributed by atoms with Crippen LogP contribution in [0.25, 0.3) is 0 Å². The largest absolute Gasteiger partial charge is 0.444 e. The Morgan fingerprint density at radius 2 is 2.06 bits per heavy atom. The molecule has 1 rings (SSSR count). The smallest absolute Gasteiger partial charge is 0.410 e. The molecule has 0 radical (unpaired) electrons. The van der Waals surface area contributed by atoms with Crippen molar-refractivity contribution in [1.82, 2.24) is 9.80 Å². The lowest BCUT2D eigenvalue weighted by molar-refractivity contribution is 0.0121. The molecule has 90 valence electrons. The second-order valence-corrected chi connectivity index (χ2v) is 5.05. The molecule has 1 atom stereocenters. The van der Waals surface area contributed by atoms with E-state index in [1.165, 1.54) is 0 Å². The molecule has 0 N–H and O–H groups in total. The highest BCUT2D eigenvalue weighted by Gasteiger charge is 2.29. The zero-order valence-corrected chi connectivity index (χ0v) is 10.4. The Morgan fingerprint density at radius 1 is 1.44 bits per heavy atom. The van der Waals surface area contributed by atoms with Crippen LogP contribution >= 0.6 is 0 Å². The number of hydrogen-bond donors (Lipinski definition) is 0. The van der Waals surface area contributed by atoms with Gasteiger partial charge in [-0.1, -0.05) is 0 Å². The van der Waals surface area contributed by atoms with Crippen molar-refractivity contribution in [3.63, 3.8) is 0 Å². The first-order chi connectivity index (χ1) is 7.33. The number of likely N-dealkylation sites (N-methyl/N-ethyl adjacent to an activating group) is 1. The quantitative estimate of drug-likeness (QED) is 0.618. The summed E-state index contributed by atoms with van der Waals surface area (Å²) in [6.45, 7) is 7.25. The van der Waals surface area contributed by atoms with Gasteiger partial charge in [-0.25, -0.2) is 4.79 Å². The van der Waals surface area contributed by atoms with Gasteiger partial charge in [0.25, 0.3) is 0 Å². The van der Waals surface area contributed by atoms with E-state index in [0.29, 0.717) is 19.6 Å². The van der Waals surface area contributed by atoms with E-state index in [1.54, 1.807) is 4.90 Å². The van der Waals surface area contributed by atoms with Gasteiger partial charge in [-0.2, -0.15) is 5.26 Å². The maximum atomic E-state index is 11.8. The maximum absolute atomic E-state index is 11.8. The minimum absolute atomic E-state index is 0.235. The number of hydrogen-bond acceptors (Lipinski definition) is 4. The molecule has 0 aromatic rings. The highest BCUT2D eigenvalue weighted by molar-refractivity contribution is 5.68. The first-order valence-corrected chi connectivity index (χ1v) is 5.41. The molecule has 1 fully saturated rings. The van der Waals surface area contributed by atoms with Crippen LogP contribution in [0.15, 0.2) is 0 Å². The molecular weight excluding hydrogens is 206 g/mol. The SMILES string of the molecule is CN1CCN(C(=O)OC(C)(C)C)C[C@H]1C#N. The molecular formula is C11H19N3O2. The Labute approximate surface area is 96.6 Å². The summed E-state index contributed by atoms with van der Waals surface area (Å²) >= 11 is 0. The lowest BCUT2D eigenvalue weighted by Crippen LogP contribution is -2.53. The molecule has 0 bridgehead atoms. The molecule has 1 heterocycles. The van der Waals surface area contributed by atoms with Crippen LogP contribution in [0.4, 0.5) is 4.79 Å². The van der Waals surface area contributed by atoms with Gasteiger partial charge in [0, 0.05) is 13.1 Å². The number of amides is 1. The molecule has 5 heteroatoms. The molecule has 1 aliphatic rings. The minimum atomic E-state index is -0.484. The topological polar surface area (TPSA) is 56.6 Å². The van der Waals surface area contributed by atoms with E-state index in [4.69, 9.17) is 10.00 Å². The molecule has 1 amide bonds. The molecule has 0 aliphatic carbocycles. The van der Waals surface area contributed by atoms with E-state index >= 15 is 0 Å². The normalized spacial score (nSPS) is 22.7. The van der Waals surface area contributed by atoms with Gasteiger partial charge in [0.05, 0.1) is 12.6 Å². The summed E-state index contributed by atoms with van der Waals surface area (Å²) < 4.78 is 5.26. The van der Waals surface area contributed by atoms with Crippen molar-refractivity contribution in [1.29, 1.82) is 5.26 Å². The van der Waals surface area contributed by atoms with Gasteiger partial charge in [-0.3, -0.25) is 4.90 Å². The fourth-order valence-corrected chi connectivity index (χ4v) is 1.51. The number of nitriles is 1. The van der Waals surface area contributed by atoms with Gasteiger partial charge in [0.15, 0.2) is 0 Å². The number of carbonyl (C=O) groups excluding carboxylic acids is 1. The third-order valence-electron chi connectivity index (χ3n) is 2.45. The number of piperazine rings is 1. The van der Waals surface area contributed by atoms with Crippen molar-refractivity contribution in [2.24, 2.45) is 0 Å². The molecule has 16 heavy (non-hydrogen) atoms. The van der Waals surface area contributed by atoms with Crippen molar-refractivity contribution < 1.29 is 9.53 Å². The Bertz CT molecular complexity index is 303. The third kappa shape index (κ3) is 3.38. The highest BCUT2D eigenvalue weighted by Crippen LogP contribution is 2.13. The predicted molar refractivity (Wildman–Crippen MR) is 59.8 cm³/mol. The molecule has 1 aliphatic heterocycles. The molecule has 0 aromatic carbocycles. The first-order valence-electron chi connectivity index (χ1n) is 5.41. The van der Waals surface area contributed by atoms with E-state index in [-0.39, 0.29) is 12.1 Å². The number of rotatable bonds is 0. The average Bonchev–Trinajstić information content (AvgIpc) is 2.15. The van der Waals surface area contributed by atoms with Crippen LogP contribution in [-0.2, 0) is 4.74 Å². The van der Waals surface area contributed by atoms with Gasteiger partial charge >= 0.3 is 6.09 Å². The first kappa shape index (κ1) is 12.8. The summed E-state index contributed by atoms with van der Waals surface area (Å²) in [5.41, 5.74) is -0.484. The molecule has 0 spiro atoms. The summed E-state index contributed by atoms with van der Waals surface area (Å²) in [6.07, 6.45) is -0.333. The van der Waals surface area contributed by atoms with Gasteiger partial charge in [-0.15, -0.1) is 0 Å². The van der Waals surface area contributed by atoms with Gasteiger partial charge < -0.3 is 9.64 Å². The molecule has 0 saturated carbocycles. The second-order valence-electron chi connectivity index (χ2n) is 5.05. The second kappa shape index (κ2) is 4.71. The van der Waals surface area contributed by atoms with Crippen LogP contribution < -0.4 is 0 Å². The van der Waals surface area contributed by atoms with E-state index in [0.717, 1.165) is 0 Å². The standard InChI is InChI=1S/C11H19N3O2/c1-11(2,3)16-10(15)14-6-5-13(4)9(7-12)8-14/h9H,5-6,8H2,1-4H3/t9-/m1/s1. The molecule has 5 nitrogen and oxygen atoms in total. The van der Waals surface area contributed by atoms with E-state index in [2.05, 4.69) is 6.07 Å². The highest BCUT2D eigenvalue weighted by atomic mass is 16.6. The van der Waals surface area contributed by atoms with Crippen molar-refractivity contribution in [3.8, 4) is 6.07 Å². The lowest BCUT2D eigenvalue weighted by atomic mass is 10.2. The molecule has 1 saturated heterocycles. The minimum Gasteiger partial charge on any atom is -0.444 e. The summed E-state index contributed by atoms with van der Waals surface area (Å²) in [7, 11) is 1.89. The average molecular weight is 225 g/mol. The van der Waals surface area contributed by atoms with Crippen molar-refractivity contribution in [2.75, 3.05) is 26.7 Å². The van der Waals surface area contributed by atoms with Crippen LogP contribution in [-0.4, -0.2) is 54.2 Å². The molecule has 0 aromatic heterocycles. The summed E-state index contributed by atoms with van der Waals surface area (Å²) in [4.78, 5) is 15.3. The molecule has 0 unspecified atom stereocenters. The van der Waals surface area contributed by atoms with Crippen LogP contribution in [0, 0.1) is 11.3 Å². The Morgan fingerprint density at radius 3 is 2.56 bits per heavy atom. The van der Waals surface area contributed by atoms with Crippen molar-refractivity contribution >= 4 is 6.09 Å². The fraction of sp³-hybridized carbons (Fsp3) is 0.818. The summed E-state index contributed by atoms with van der Waals surface area (Å²) in [5.74, 6) is 0. The maximum Gasteiger partial charge on any atom is 0.410 e. The van der Waals surface area contributed by atoms with Crippen LogP contribution in [0.2, 0.25) is 0 Å². The van der Waals surface area contributed by atoms with Gasteiger partial charge in [-0.05, 0) is 27.8 Å². The Balaban J connectivity index is 2.56. The van der Waals surface area contributed by atoms with E-state index < -0.39 is 5.60 Å². The van der Waals surface area contributed by atoms with E-state index in [1.807, 2.05) is 32.7 Å². The van der Waals surface area contributed by atoms with Gasteiger partial charge in [0.1, 0.15) is 11.6 Å². The number of carbonyl (C=O) groups is 1. The lowest BCUT2D eigenvalue weighted by Gasteiger charge is -2.36. The van der Waals surface area contributed by atoms with Crippen molar-refractivity contribution in [2.45, 2.75) is 32.4 Å². The van der Waals surface area contributed by atoms with E-state index in [9.17, 15) is 4.79 Å². The van der Waals surface area contributed by atoms with Crippen molar-refractivity contribution in [3.05, 3.63) is 0 Å².